The molecule has 0 saturated carbocycles. The van der Waals surface area contributed by atoms with Gasteiger partial charge < -0.3 is 19.8 Å². The fourth-order valence-electron chi connectivity index (χ4n) is 3.42. The van der Waals surface area contributed by atoms with Crippen LogP contribution in [0.2, 0.25) is 0 Å². The van der Waals surface area contributed by atoms with Crippen LogP contribution in [0.5, 0.6) is 0 Å². The lowest BCUT2D eigenvalue weighted by atomic mass is 9.77. The summed E-state index contributed by atoms with van der Waals surface area (Å²) in [4.78, 5) is 25.4. The Labute approximate surface area is 110 Å². The lowest BCUT2D eigenvalue weighted by Crippen LogP contribution is -2.44. The highest BCUT2D eigenvalue weighted by atomic mass is 16.5. The first-order chi connectivity index (χ1) is 8.87. The zero-order chi connectivity index (χ0) is 13.9. The van der Waals surface area contributed by atoms with Gasteiger partial charge in [-0.25, -0.2) is 0 Å². The van der Waals surface area contributed by atoms with Crippen molar-refractivity contribution in [2.45, 2.75) is 37.7 Å². The Hall–Kier alpha value is -1.40. The molecule has 6 nitrogen and oxygen atoms in total. The number of carboxylic acid groups (broad SMARTS) is 1. The van der Waals surface area contributed by atoms with E-state index in [-0.39, 0.29) is 11.9 Å². The highest BCUT2D eigenvalue weighted by Crippen LogP contribution is 2.52. The van der Waals surface area contributed by atoms with E-state index in [1.54, 1.807) is 19.9 Å². The standard InChI is InChI=1S/C13H17NO5/c1-6(7(2)15)14-5-13-4-3-8(19-13)9(12(17)18)10(13)11(14)16/h3-4,6-10,15H,5H2,1-2H3,(H,17,18). The van der Waals surface area contributed by atoms with Crippen molar-refractivity contribution in [3.63, 3.8) is 0 Å². The van der Waals surface area contributed by atoms with Crippen molar-refractivity contribution in [1.29, 1.82) is 0 Å². The van der Waals surface area contributed by atoms with Gasteiger partial charge >= 0.3 is 5.97 Å². The van der Waals surface area contributed by atoms with Gasteiger partial charge in [-0.1, -0.05) is 12.2 Å². The molecule has 3 aliphatic rings. The van der Waals surface area contributed by atoms with Crippen LogP contribution >= 0.6 is 0 Å². The number of fused-ring (bicyclic) bond motifs is 1. The Bertz CT molecular complexity index is 474. The van der Waals surface area contributed by atoms with Crippen LogP contribution in [-0.2, 0) is 14.3 Å². The zero-order valence-electron chi connectivity index (χ0n) is 10.8. The molecule has 6 unspecified atom stereocenters. The molecule has 6 atom stereocenters. The number of hydrogen-bond acceptors (Lipinski definition) is 4. The molecule has 0 aliphatic carbocycles. The van der Waals surface area contributed by atoms with Crippen LogP contribution in [0.3, 0.4) is 0 Å². The normalized spacial score (nSPS) is 42.6. The average molecular weight is 267 g/mol. The van der Waals surface area contributed by atoms with Gasteiger partial charge in [0, 0.05) is 0 Å². The predicted octanol–water partition coefficient (Wildman–Crippen LogP) is -0.378. The minimum atomic E-state index is -0.999. The Balaban J connectivity index is 1.95. The number of rotatable bonds is 3. The van der Waals surface area contributed by atoms with E-state index in [9.17, 15) is 19.8 Å². The molecule has 2 bridgehead atoms. The Kier molecular flexibility index (Phi) is 2.53. The molecule has 3 aliphatic heterocycles. The van der Waals surface area contributed by atoms with E-state index in [4.69, 9.17) is 4.74 Å². The number of aliphatic carboxylic acids is 1. The molecule has 0 aromatic rings. The number of nitrogens with zero attached hydrogens (tertiary/aromatic N) is 1. The van der Waals surface area contributed by atoms with E-state index >= 15 is 0 Å². The molecule has 2 N–H and O–H groups in total. The molecule has 6 heteroatoms. The van der Waals surface area contributed by atoms with E-state index < -0.39 is 35.6 Å². The van der Waals surface area contributed by atoms with Crippen LogP contribution in [0.4, 0.5) is 0 Å². The van der Waals surface area contributed by atoms with Crippen molar-refractivity contribution in [3.8, 4) is 0 Å². The maximum atomic E-state index is 12.5. The quantitative estimate of drug-likeness (QED) is 0.681. The van der Waals surface area contributed by atoms with E-state index in [1.165, 1.54) is 4.90 Å². The fraction of sp³-hybridized carbons (Fsp3) is 0.692. The van der Waals surface area contributed by atoms with Gasteiger partial charge in [-0.3, -0.25) is 9.59 Å². The number of ether oxygens (including phenoxy) is 1. The van der Waals surface area contributed by atoms with Gasteiger partial charge in [0.05, 0.1) is 30.7 Å². The molecule has 104 valence electrons. The summed E-state index contributed by atoms with van der Waals surface area (Å²) in [6.45, 7) is 3.69. The third-order valence-corrected chi connectivity index (χ3v) is 4.60. The molecular weight excluding hydrogens is 250 g/mol. The lowest BCUT2D eigenvalue weighted by molar-refractivity contribution is -0.149. The van der Waals surface area contributed by atoms with Gasteiger partial charge in [-0.05, 0) is 13.8 Å². The first kappa shape index (κ1) is 12.6. The molecule has 3 heterocycles. The number of carbonyl (C=O) groups excluding carboxylic acids is 1. The van der Waals surface area contributed by atoms with Crippen LogP contribution in [0.1, 0.15) is 13.8 Å². The first-order valence-electron chi connectivity index (χ1n) is 6.46. The Morgan fingerprint density at radius 1 is 1.58 bits per heavy atom. The minimum absolute atomic E-state index is 0.229. The first-order valence-corrected chi connectivity index (χ1v) is 6.46. The Morgan fingerprint density at radius 2 is 2.26 bits per heavy atom. The maximum Gasteiger partial charge on any atom is 0.310 e. The van der Waals surface area contributed by atoms with Gasteiger partial charge in [-0.2, -0.15) is 0 Å². The molecule has 0 aromatic heterocycles. The third-order valence-electron chi connectivity index (χ3n) is 4.60. The summed E-state index contributed by atoms with van der Waals surface area (Å²) in [6.07, 6.45) is 2.38. The number of aliphatic hydroxyl groups excluding tert-OH is 1. The highest BCUT2D eigenvalue weighted by molar-refractivity contribution is 5.91. The number of carbonyl (C=O) groups is 2. The number of hydrogen-bond donors (Lipinski definition) is 2. The summed E-state index contributed by atoms with van der Waals surface area (Å²) in [6, 6.07) is -0.349. The molecule has 1 spiro atoms. The summed E-state index contributed by atoms with van der Waals surface area (Å²) in [5.74, 6) is -2.71. The molecule has 1 amide bonds. The van der Waals surface area contributed by atoms with Crippen molar-refractivity contribution in [2.24, 2.45) is 11.8 Å². The van der Waals surface area contributed by atoms with E-state index in [2.05, 4.69) is 0 Å². The van der Waals surface area contributed by atoms with Crippen molar-refractivity contribution in [1.82, 2.24) is 4.90 Å². The van der Waals surface area contributed by atoms with Gasteiger partial charge in [0.1, 0.15) is 11.5 Å². The van der Waals surface area contributed by atoms with Gasteiger partial charge in [0.25, 0.3) is 0 Å². The largest absolute Gasteiger partial charge is 0.481 e. The zero-order valence-corrected chi connectivity index (χ0v) is 10.8. The van der Waals surface area contributed by atoms with Crippen LogP contribution in [0.15, 0.2) is 12.2 Å². The van der Waals surface area contributed by atoms with Crippen molar-refractivity contribution >= 4 is 11.9 Å². The van der Waals surface area contributed by atoms with Crippen LogP contribution in [-0.4, -0.2) is 57.4 Å². The Morgan fingerprint density at radius 3 is 2.84 bits per heavy atom. The van der Waals surface area contributed by atoms with E-state index in [0.29, 0.717) is 6.54 Å². The summed E-state index contributed by atoms with van der Waals surface area (Å²) in [7, 11) is 0. The minimum Gasteiger partial charge on any atom is -0.481 e. The topological polar surface area (TPSA) is 87.1 Å². The molecule has 2 fully saturated rings. The number of aliphatic hydroxyl groups is 1. The molecule has 19 heavy (non-hydrogen) atoms. The van der Waals surface area contributed by atoms with Crippen molar-refractivity contribution < 1.29 is 24.5 Å². The van der Waals surface area contributed by atoms with Crippen molar-refractivity contribution in [2.75, 3.05) is 6.54 Å². The second-order valence-electron chi connectivity index (χ2n) is 5.69. The van der Waals surface area contributed by atoms with Crippen LogP contribution in [0, 0.1) is 11.8 Å². The smallest absolute Gasteiger partial charge is 0.310 e. The predicted molar refractivity (Wildman–Crippen MR) is 64.2 cm³/mol. The number of carboxylic acids is 1. The van der Waals surface area contributed by atoms with E-state index in [1.807, 2.05) is 6.08 Å². The molecule has 3 rings (SSSR count). The summed E-state index contributed by atoms with van der Waals surface area (Å²) >= 11 is 0. The summed E-state index contributed by atoms with van der Waals surface area (Å²) in [5, 5.41) is 18.9. The van der Waals surface area contributed by atoms with Gasteiger partial charge in [-0.15, -0.1) is 0 Å². The lowest BCUT2D eigenvalue weighted by Gasteiger charge is -2.29. The molecule has 2 saturated heterocycles. The number of likely N-dealkylation sites (tertiary alicyclic amines) is 1. The fourth-order valence-corrected chi connectivity index (χ4v) is 3.42. The summed E-state index contributed by atoms with van der Waals surface area (Å²) in [5.41, 5.74) is -0.812. The highest BCUT2D eigenvalue weighted by Gasteiger charge is 2.67. The van der Waals surface area contributed by atoms with Gasteiger partial charge in [0.15, 0.2) is 0 Å². The molecular formula is C13H17NO5. The second-order valence-corrected chi connectivity index (χ2v) is 5.69. The third kappa shape index (κ3) is 1.50. The maximum absolute atomic E-state index is 12.5. The second kappa shape index (κ2) is 3.80. The van der Waals surface area contributed by atoms with Crippen LogP contribution in [0.25, 0.3) is 0 Å². The van der Waals surface area contributed by atoms with Crippen molar-refractivity contribution in [3.05, 3.63) is 12.2 Å². The summed E-state index contributed by atoms with van der Waals surface area (Å²) < 4.78 is 5.75. The van der Waals surface area contributed by atoms with Crippen LogP contribution < -0.4 is 0 Å². The monoisotopic (exact) mass is 267 g/mol. The van der Waals surface area contributed by atoms with Gasteiger partial charge in [0.2, 0.25) is 5.91 Å². The SMILES string of the molecule is CC(O)C(C)N1CC23C=CC(O2)C(C(=O)O)C3C1=O. The molecule has 0 aromatic carbocycles. The van der Waals surface area contributed by atoms with E-state index in [0.717, 1.165) is 0 Å². The average Bonchev–Trinajstić information content (AvgIpc) is 2.96. The molecule has 0 radical (unpaired) electrons. The number of amides is 1.